The molecular weight excluding hydrogens is 477 g/mol. The minimum atomic E-state index is 0.0256. The first-order valence-electron chi connectivity index (χ1n) is 11.2. The number of hydrogen-bond donors (Lipinski definition) is 0. The molecule has 0 aliphatic carbocycles. The third kappa shape index (κ3) is 9.06. The highest BCUT2D eigenvalue weighted by atomic mass is 127. The van der Waals surface area contributed by atoms with Gasteiger partial charge in [0, 0.05) is 29.0 Å². The summed E-state index contributed by atoms with van der Waals surface area (Å²) in [5.41, 5.74) is 1.33. The lowest BCUT2D eigenvalue weighted by atomic mass is 10.1. The number of benzene rings is 1. The second-order valence-corrected chi connectivity index (χ2v) is 9.69. The summed E-state index contributed by atoms with van der Waals surface area (Å²) >= 11 is 9.63. The van der Waals surface area contributed by atoms with Crippen molar-refractivity contribution in [1.29, 1.82) is 0 Å². The third-order valence-electron chi connectivity index (χ3n) is 5.75. The lowest BCUT2D eigenvalue weighted by Crippen LogP contribution is -2.59. The SMILES string of the molecule is C#CC(I)[N+](CCCCCCC)(CCCCCCC)C(Cl)Cc1ccccc1. The molecule has 1 nitrogen and oxygen atoms in total. The highest BCUT2D eigenvalue weighted by Gasteiger charge is 2.40. The molecule has 0 saturated heterocycles. The first-order chi connectivity index (χ1) is 13.6. The molecule has 0 aliphatic heterocycles. The maximum absolute atomic E-state index is 7.16. The summed E-state index contributed by atoms with van der Waals surface area (Å²) in [7, 11) is 0. The van der Waals surface area contributed by atoms with E-state index in [1.165, 1.54) is 69.8 Å². The van der Waals surface area contributed by atoms with Gasteiger partial charge in [-0.3, -0.25) is 4.48 Å². The van der Waals surface area contributed by atoms with E-state index in [0.29, 0.717) is 0 Å². The van der Waals surface area contributed by atoms with E-state index in [9.17, 15) is 0 Å². The Morgan fingerprint density at radius 1 is 0.893 bits per heavy atom. The lowest BCUT2D eigenvalue weighted by Gasteiger charge is -2.44. The fourth-order valence-corrected chi connectivity index (χ4v) is 5.54. The molecule has 0 bridgehead atoms. The van der Waals surface area contributed by atoms with Gasteiger partial charge in [-0.05, 0) is 37.2 Å². The molecule has 0 radical (unpaired) electrons. The summed E-state index contributed by atoms with van der Waals surface area (Å²) in [6.45, 7) is 6.72. The standard InChI is InChI=1S/C25H40ClIN/c1-4-7-9-11-16-20-28(25(27)6-3,21-17-12-10-8-5-2)24(26)22-23-18-14-13-15-19-23/h3,13-15,18-19,24-25H,4-5,7-12,16-17,20-22H2,1-2H3/q+1. The quantitative estimate of drug-likeness (QED) is 0.0522. The number of unbranched alkanes of at least 4 members (excludes halogenated alkanes) is 8. The molecule has 2 atom stereocenters. The Morgan fingerprint density at radius 2 is 1.39 bits per heavy atom. The number of terminal acetylenes is 1. The van der Waals surface area contributed by atoms with Crippen LogP contribution in [0.4, 0.5) is 0 Å². The molecule has 2 unspecified atom stereocenters. The zero-order valence-corrected chi connectivity index (χ0v) is 20.9. The van der Waals surface area contributed by atoms with Gasteiger partial charge in [0.25, 0.3) is 0 Å². The van der Waals surface area contributed by atoms with E-state index in [4.69, 9.17) is 18.0 Å². The van der Waals surface area contributed by atoms with E-state index in [1.54, 1.807) is 0 Å². The normalized spacial score (nSPS) is 13.8. The number of alkyl halides is 2. The van der Waals surface area contributed by atoms with Gasteiger partial charge in [0.2, 0.25) is 4.05 Å². The van der Waals surface area contributed by atoms with Crippen molar-refractivity contribution in [3.8, 4) is 12.3 Å². The van der Waals surface area contributed by atoms with E-state index >= 15 is 0 Å². The summed E-state index contributed by atoms with van der Waals surface area (Å²) in [5.74, 6) is 3.05. The van der Waals surface area contributed by atoms with Gasteiger partial charge in [0.1, 0.15) is 0 Å². The molecule has 0 fully saturated rings. The second-order valence-electron chi connectivity index (χ2n) is 8.01. The van der Waals surface area contributed by atoms with Gasteiger partial charge in [0.15, 0.2) is 5.50 Å². The monoisotopic (exact) mass is 516 g/mol. The van der Waals surface area contributed by atoms with Crippen LogP contribution in [-0.2, 0) is 6.42 Å². The highest BCUT2D eigenvalue weighted by Crippen LogP contribution is 2.31. The first kappa shape index (κ1) is 25.8. The molecule has 0 heterocycles. The van der Waals surface area contributed by atoms with E-state index in [2.05, 4.69) is 72.7 Å². The van der Waals surface area contributed by atoms with Crippen molar-refractivity contribution < 1.29 is 4.48 Å². The van der Waals surface area contributed by atoms with Crippen LogP contribution in [0.3, 0.4) is 0 Å². The molecule has 0 N–H and O–H groups in total. The Morgan fingerprint density at radius 3 is 1.86 bits per heavy atom. The van der Waals surface area contributed by atoms with Crippen LogP contribution in [0.15, 0.2) is 30.3 Å². The Hall–Kier alpha value is -0.240. The molecule has 0 saturated carbocycles. The minimum Gasteiger partial charge on any atom is -0.288 e. The van der Waals surface area contributed by atoms with Crippen molar-refractivity contribution in [2.75, 3.05) is 13.1 Å². The lowest BCUT2D eigenvalue weighted by molar-refractivity contribution is -0.938. The zero-order chi connectivity index (χ0) is 20.7. The molecule has 1 rings (SSSR count). The summed E-state index contributed by atoms with van der Waals surface area (Å²) in [5, 5.41) is 0. The molecule has 158 valence electrons. The van der Waals surface area contributed by atoms with Crippen LogP contribution in [0.2, 0.25) is 0 Å². The van der Waals surface area contributed by atoms with Gasteiger partial charge in [-0.2, -0.15) is 0 Å². The van der Waals surface area contributed by atoms with Gasteiger partial charge in [-0.1, -0.05) is 94.3 Å². The third-order valence-corrected chi connectivity index (χ3v) is 7.76. The Labute approximate surface area is 193 Å². The summed E-state index contributed by atoms with van der Waals surface area (Å²) in [4.78, 5) is 0. The largest absolute Gasteiger partial charge is 0.288 e. The Balaban J connectivity index is 2.88. The fraction of sp³-hybridized carbons (Fsp3) is 0.680. The average Bonchev–Trinajstić information content (AvgIpc) is 2.72. The van der Waals surface area contributed by atoms with Crippen molar-refractivity contribution in [3.05, 3.63) is 35.9 Å². The molecular formula is C25H40ClIN+. The van der Waals surface area contributed by atoms with Gasteiger partial charge >= 0.3 is 0 Å². The molecule has 1 aromatic carbocycles. The molecule has 3 heteroatoms. The van der Waals surface area contributed by atoms with E-state index in [-0.39, 0.29) is 9.55 Å². The second kappa shape index (κ2) is 15.6. The van der Waals surface area contributed by atoms with Crippen molar-refractivity contribution in [2.45, 2.75) is 94.0 Å². The van der Waals surface area contributed by atoms with Crippen molar-refractivity contribution in [2.24, 2.45) is 0 Å². The van der Waals surface area contributed by atoms with E-state index in [1.807, 2.05) is 0 Å². The van der Waals surface area contributed by atoms with Crippen molar-refractivity contribution >= 4 is 34.2 Å². The average molecular weight is 517 g/mol. The molecule has 1 aromatic rings. The smallest absolute Gasteiger partial charge is 0.201 e. The summed E-state index contributed by atoms with van der Waals surface area (Å²) in [6.07, 6.45) is 19.7. The number of rotatable bonds is 16. The number of halogens is 2. The van der Waals surface area contributed by atoms with Gasteiger partial charge in [-0.15, -0.1) is 6.42 Å². The Bertz CT molecular complexity index is 525. The molecule has 0 spiro atoms. The van der Waals surface area contributed by atoms with Crippen LogP contribution in [-0.4, -0.2) is 27.1 Å². The van der Waals surface area contributed by atoms with Crippen LogP contribution >= 0.6 is 34.2 Å². The minimum absolute atomic E-state index is 0.0256. The Kier molecular flexibility index (Phi) is 14.4. The number of nitrogens with zero attached hydrogens (tertiary/aromatic N) is 1. The molecule has 28 heavy (non-hydrogen) atoms. The number of hydrogen-bond acceptors (Lipinski definition) is 0. The summed E-state index contributed by atoms with van der Waals surface area (Å²) in [6, 6.07) is 10.6. The van der Waals surface area contributed by atoms with Gasteiger partial charge in [-0.25, -0.2) is 0 Å². The predicted octanol–water partition coefficient (Wildman–Crippen LogP) is 7.95. The summed E-state index contributed by atoms with van der Waals surface area (Å²) < 4.78 is 0.979. The van der Waals surface area contributed by atoms with Crippen LogP contribution in [0, 0.1) is 12.3 Å². The van der Waals surface area contributed by atoms with Gasteiger partial charge in [0.05, 0.1) is 13.1 Å². The topological polar surface area (TPSA) is 0 Å². The predicted molar refractivity (Wildman–Crippen MR) is 134 cm³/mol. The maximum atomic E-state index is 7.16. The van der Waals surface area contributed by atoms with Crippen LogP contribution in [0.5, 0.6) is 0 Å². The van der Waals surface area contributed by atoms with Crippen LogP contribution in [0.25, 0.3) is 0 Å². The van der Waals surface area contributed by atoms with Crippen LogP contribution < -0.4 is 0 Å². The maximum Gasteiger partial charge on any atom is 0.201 e. The van der Waals surface area contributed by atoms with E-state index < -0.39 is 0 Å². The first-order valence-corrected chi connectivity index (χ1v) is 12.9. The fourth-order valence-electron chi connectivity index (χ4n) is 3.92. The van der Waals surface area contributed by atoms with Crippen molar-refractivity contribution in [1.82, 2.24) is 0 Å². The number of quaternary nitrogens is 1. The zero-order valence-electron chi connectivity index (χ0n) is 18.0. The van der Waals surface area contributed by atoms with Crippen LogP contribution in [0.1, 0.15) is 83.6 Å². The van der Waals surface area contributed by atoms with Crippen molar-refractivity contribution in [3.63, 3.8) is 0 Å². The molecule has 0 aliphatic rings. The van der Waals surface area contributed by atoms with Gasteiger partial charge < -0.3 is 0 Å². The molecule has 0 amide bonds. The van der Waals surface area contributed by atoms with E-state index in [0.717, 1.165) is 24.0 Å². The molecule has 0 aromatic heterocycles. The highest BCUT2D eigenvalue weighted by molar-refractivity contribution is 14.1.